The minimum Gasteiger partial charge on any atom is -0.491 e. The van der Waals surface area contributed by atoms with Crippen LogP contribution in [0.4, 0.5) is 0 Å². The van der Waals surface area contributed by atoms with Gasteiger partial charge in [-0.2, -0.15) is 0 Å². The Morgan fingerprint density at radius 1 is 1.38 bits per heavy atom. The first-order chi connectivity index (χ1) is 10.2. The van der Waals surface area contributed by atoms with Gasteiger partial charge in [0, 0.05) is 6.42 Å². The molecule has 116 valence electrons. The van der Waals surface area contributed by atoms with Gasteiger partial charge in [0.25, 0.3) is 0 Å². The third-order valence-corrected chi connectivity index (χ3v) is 3.03. The molecule has 0 saturated carbocycles. The molecule has 1 aliphatic heterocycles. The van der Waals surface area contributed by atoms with Crippen molar-refractivity contribution in [2.75, 3.05) is 26.4 Å². The van der Waals surface area contributed by atoms with Gasteiger partial charge in [0.15, 0.2) is 0 Å². The van der Waals surface area contributed by atoms with E-state index in [-0.39, 0.29) is 19.1 Å². The molecule has 0 spiro atoms. The van der Waals surface area contributed by atoms with Crippen molar-refractivity contribution in [3.8, 4) is 5.75 Å². The predicted octanol–water partition coefficient (Wildman–Crippen LogP) is 0.293. The van der Waals surface area contributed by atoms with Gasteiger partial charge in [-0.25, -0.2) is 0 Å². The second-order valence-corrected chi connectivity index (χ2v) is 4.93. The molecule has 0 aliphatic carbocycles. The topological polar surface area (TPSA) is 88.5 Å². The normalized spacial score (nSPS) is 18.1. The highest BCUT2D eigenvalue weighted by atomic mass is 16.6. The van der Waals surface area contributed by atoms with E-state index in [0.717, 1.165) is 17.9 Å². The van der Waals surface area contributed by atoms with Crippen LogP contribution in [0.3, 0.4) is 0 Å². The molecule has 1 heterocycles. The molecule has 6 heteroatoms. The Bertz CT molecular complexity index is 440. The highest BCUT2D eigenvalue weighted by Gasteiger charge is 2.22. The molecule has 0 unspecified atom stereocenters. The van der Waals surface area contributed by atoms with Crippen molar-refractivity contribution in [2.45, 2.75) is 25.0 Å². The maximum atomic E-state index is 11.4. The van der Waals surface area contributed by atoms with Crippen LogP contribution in [0, 0.1) is 0 Å². The Kier molecular flexibility index (Phi) is 5.98. The van der Waals surface area contributed by atoms with Crippen molar-refractivity contribution >= 4 is 5.97 Å². The minimum atomic E-state index is -1.01. The number of epoxide rings is 1. The zero-order valence-corrected chi connectivity index (χ0v) is 11.7. The predicted molar refractivity (Wildman–Crippen MR) is 74.0 cm³/mol. The summed E-state index contributed by atoms with van der Waals surface area (Å²) in [5.74, 6) is 0.386. The standard InChI is InChI=1S/C15H20O6/c16-7-12(17)8-21-15(18)6-3-11-1-4-13(5-2-11)19-9-14-10-20-14/h1-2,4-5,12,14,16-17H,3,6-10H2/t12-,14+/m0/s1. The summed E-state index contributed by atoms with van der Waals surface area (Å²) in [6.45, 7) is 0.746. The molecular formula is C15H20O6. The van der Waals surface area contributed by atoms with Crippen molar-refractivity contribution in [1.29, 1.82) is 0 Å². The Morgan fingerprint density at radius 2 is 2.10 bits per heavy atom. The molecule has 1 aliphatic rings. The fourth-order valence-corrected chi connectivity index (χ4v) is 1.67. The average Bonchev–Trinajstić information content (AvgIpc) is 3.33. The number of ether oxygens (including phenoxy) is 3. The van der Waals surface area contributed by atoms with E-state index in [1.165, 1.54) is 0 Å². The van der Waals surface area contributed by atoms with E-state index in [9.17, 15) is 4.79 Å². The van der Waals surface area contributed by atoms with E-state index >= 15 is 0 Å². The van der Waals surface area contributed by atoms with Gasteiger partial charge in [0.2, 0.25) is 0 Å². The van der Waals surface area contributed by atoms with Crippen molar-refractivity contribution in [2.24, 2.45) is 0 Å². The Hall–Kier alpha value is -1.63. The zero-order valence-electron chi connectivity index (χ0n) is 11.7. The number of aliphatic hydroxyl groups excluding tert-OH is 2. The molecule has 0 radical (unpaired) electrons. The van der Waals surface area contributed by atoms with Crippen LogP contribution in [0.15, 0.2) is 24.3 Å². The molecule has 0 amide bonds. The van der Waals surface area contributed by atoms with Crippen LogP contribution in [-0.4, -0.2) is 54.8 Å². The first kappa shape index (κ1) is 15.8. The van der Waals surface area contributed by atoms with Gasteiger partial charge in [-0.15, -0.1) is 0 Å². The van der Waals surface area contributed by atoms with Crippen molar-refractivity contribution in [3.05, 3.63) is 29.8 Å². The summed E-state index contributed by atoms with van der Waals surface area (Å²) in [5, 5.41) is 17.7. The van der Waals surface area contributed by atoms with Crippen molar-refractivity contribution < 1.29 is 29.2 Å². The molecule has 2 atom stereocenters. The van der Waals surface area contributed by atoms with Gasteiger partial charge < -0.3 is 24.4 Å². The van der Waals surface area contributed by atoms with Gasteiger partial charge in [0.1, 0.15) is 31.2 Å². The summed E-state index contributed by atoms with van der Waals surface area (Å²) in [6, 6.07) is 7.52. The smallest absolute Gasteiger partial charge is 0.306 e. The van der Waals surface area contributed by atoms with E-state index < -0.39 is 18.7 Å². The molecule has 0 bridgehead atoms. The number of rotatable bonds is 9. The van der Waals surface area contributed by atoms with Gasteiger partial charge >= 0.3 is 5.97 Å². The Balaban J connectivity index is 1.66. The van der Waals surface area contributed by atoms with E-state index in [2.05, 4.69) is 0 Å². The molecule has 6 nitrogen and oxygen atoms in total. The summed E-state index contributed by atoms with van der Waals surface area (Å²) < 4.78 is 15.4. The molecule has 1 aromatic rings. The minimum absolute atomic E-state index is 0.175. The van der Waals surface area contributed by atoms with E-state index in [1.807, 2.05) is 24.3 Å². The largest absolute Gasteiger partial charge is 0.491 e. The highest BCUT2D eigenvalue weighted by Crippen LogP contribution is 2.16. The lowest BCUT2D eigenvalue weighted by Gasteiger charge is -2.09. The second kappa shape index (κ2) is 7.97. The van der Waals surface area contributed by atoms with Crippen LogP contribution < -0.4 is 4.74 Å². The summed E-state index contributed by atoms with van der Waals surface area (Å²) >= 11 is 0. The Labute approximate surface area is 123 Å². The molecule has 1 fully saturated rings. The number of carbonyl (C=O) groups is 1. The summed E-state index contributed by atoms with van der Waals surface area (Å²) in [7, 11) is 0. The lowest BCUT2D eigenvalue weighted by Crippen LogP contribution is -2.22. The number of esters is 1. The quantitative estimate of drug-likeness (QED) is 0.503. The Morgan fingerprint density at radius 3 is 2.71 bits per heavy atom. The SMILES string of the molecule is O=C(CCc1ccc(OC[C@@H]2CO2)cc1)OC[C@@H](O)CO. The van der Waals surface area contributed by atoms with Crippen LogP contribution >= 0.6 is 0 Å². The fraction of sp³-hybridized carbons (Fsp3) is 0.533. The second-order valence-electron chi connectivity index (χ2n) is 4.93. The van der Waals surface area contributed by atoms with Crippen LogP contribution in [-0.2, 0) is 20.7 Å². The number of carbonyl (C=O) groups excluding carboxylic acids is 1. The maximum absolute atomic E-state index is 11.4. The summed E-state index contributed by atoms with van der Waals surface area (Å²) in [4.78, 5) is 11.4. The van der Waals surface area contributed by atoms with Crippen molar-refractivity contribution in [1.82, 2.24) is 0 Å². The molecule has 2 N–H and O–H groups in total. The number of aliphatic hydroxyl groups is 2. The third-order valence-electron chi connectivity index (χ3n) is 3.03. The highest BCUT2D eigenvalue weighted by molar-refractivity contribution is 5.69. The van der Waals surface area contributed by atoms with Crippen LogP contribution in [0.25, 0.3) is 0 Å². The maximum Gasteiger partial charge on any atom is 0.306 e. The molecule has 0 aromatic heterocycles. The number of hydrogen-bond donors (Lipinski definition) is 2. The van der Waals surface area contributed by atoms with Crippen LogP contribution in [0.1, 0.15) is 12.0 Å². The molecule has 1 saturated heterocycles. The molecule has 21 heavy (non-hydrogen) atoms. The molecular weight excluding hydrogens is 276 g/mol. The number of hydrogen-bond acceptors (Lipinski definition) is 6. The van der Waals surface area contributed by atoms with E-state index in [0.29, 0.717) is 13.0 Å². The van der Waals surface area contributed by atoms with Crippen LogP contribution in [0.2, 0.25) is 0 Å². The van der Waals surface area contributed by atoms with Gasteiger partial charge in [-0.1, -0.05) is 12.1 Å². The van der Waals surface area contributed by atoms with Gasteiger partial charge in [0.05, 0.1) is 13.2 Å². The zero-order chi connectivity index (χ0) is 15.1. The molecule has 1 aromatic carbocycles. The monoisotopic (exact) mass is 296 g/mol. The third kappa shape index (κ3) is 6.12. The number of benzene rings is 1. The summed E-state index contributed by atoms with van der Waals surface area (Å²) in [5.41, 5.74) is 1.00. The van der Waals surface area contributed by atoms with Crippen LogP contribution in [0.5, 0.6) is 5.75 Å². The summed E-state index contributed by atoms with van der Waals surface area (Å²) in [6.07, 6.45) is 0.00322. The van der Waals surface area contributed by atoms with Crippen molar-refractivity contribution in [3.63, 3.8) is 0 Å². The fourth-order valence-electron chi connectivity index (χ4n) is 1.67. The number of aryl methyl sites for hydroxylation is 1. The van der Waals surface area contributed by atoms with E-state index in [1.54, 1.807) is 0 Å². The first-order valence-electron chi connectivity index (χ1n) is 6.95. The van der Waals surface area contributed by atoms with Gasteiger partial charge in [-0.05, 0) is 24.1 Å². The average molecular weight is 296 g/mol. The lowest BCUT2D eigenvalue weighted by molar-refractivity contribution is -0.147. The lowest BCUT2D eigenvalue weighted by atomic mass is 10.1. The first-order valence-corrected chi connectivity index (χ1v) is 6.95. The van der Waals surface area contributed by atoms with E-state index in [4.69, 9.17) is 24.4 Å². The van der Waals surface area contributed by atoms with Gasteiger partial charge in [-0.3, -0.25) is 4.79 Å². The molecule has 2 rings (SSSR count).